The van der Waals surface area contributed by atoms with Crippen LogP contribution in [0.15, 0.2) is 48.5 Å². The maximum Gasteiger partial charge on any atom is 0.315 e. The van der Waals surface area contributed by atoms with Gasteiger partial charge < -0.3 is 16.0 Å². The lowest BCUT2D eigenvalue weighted by molar-refractivity contribution is 0.0949. The SMILES string of the molecule is CC(NC(=O)NCCNC(=O)c1ccccc1F)c1ccc(F)cc1. The Morgan fingerprint density at radius 2 is 1.60 bits per heavy atom. The zero-order chi connectivity index (χ0) is 18.2. The lowest BCUT2D eigenvalue weighted by Gasteiger charge is -2.15. The Hall–Kier alpha value is -2.96. The molecular weight excluding hydrogens is 328 g/mol. The van der Waals surface area contributed by atoms with Gasteiger partial charge in [0.25, 0.3) is 5.91 Å². The summed E-state index contributed by atoms with van der Waals surface area (Å²) in [7, 11) is 0. The van der Waals surface area contributed by atoms with Crippen molar-refractivity contribution in [2.45, 2.75) is 13.0 Å². The minimum atomic E-state index is -0.598. The first-order valence-corrected chi connectivity index (χ1v) is 7.80. The van der Waals surface area contributed by atoms with Crippen LogP contribution in [0.2, 0.25) is 0 Å². The molecule has 0 spiro atoms. The van der Waals surface area contributed by atoms with Crippen LogP contribution >= 0.6 is 0 Å². The second-order valence-electron chi connectivity index (χ2n) is 5.41. The van der Waals surface area contributed by atoms with Crippen molar-refractivity contribution in [3.8, 4) is 0 Å². The van der Waals surface area contributed by atoms with Crippen molar-refractivity contribution in [1.82, 2.24) is 16.0 Å². The molecule has 25 heavy (non-hydrogen) atoms. The van der Waals surface area contributed by atoms with E-state index in [1.165, 1.54) is 30.3 Å². The topological polar surface area (TPSA) is 70.2 Å². The Kier molecular flexibility index (Phi) is 6.45. The van der Waals surface area contributed by atoms with Gasteiger partial charge in [0, 0.05) is 13.1 Å². The third kappa shape index (κ3) is 5.56. The number of carbonyl (C=O) groups excluding carboxylic acids is 2. The molecule has 2 aromatic carbocycles. The van der Waals surface area contributed by atoms with Crippen molar-refractivity contribution in [3.05, 3.63) is 71.3 Å². The van der Waals surface area contributed by atoms with Crippen LogP contribution in [0.5, 0.6) is 0 Å². The summed E-state index contributed by atoms with van der Waals surface area (Å²) in [5.74, 6) is -1.48. The van der Waals surface area contributed by atoms with Crippen LogP contribution in [-0.2, 0) is 0 Å². The predicted octanol–water partition coefficient (Wildman–Crippen LogP) is 2.76. The average Bonchev–Trinajstić information content (AvgIpc) is 2.59. The van der Waals surface area contributed by atoms with Gasteiger partial charge in [-0.2, -0.15) is 0 Å². The molecule has 0 radical (unpaired) electrons. The van der Waals surface area contributed by atoms with Crippen molar-refractivity contribution < 1.29 is 18.4 Å². The van der Waals surface area contributed by atoms with Crippen LogP contribution in [-0.4, -0.2) is 25.0 Å². The van der Waals surface area contributed by atoms with Gasteiger partial charge in [-0.1, -0.05) is 24.3 Å². The summed E-state index contributed by atoms with van der Waals surface area (Å²) < 4.78 is 26.3. The normalized spacial score (nSPS) is 11.5. The van der Waals surface area contributed by atoms with Gasteiger partial charge in [-0.05, 0) is 36.8 Å². The molecule has 0 aliphatic heterocycles. The number of carbonyl (C=O) groups is 2. The quantitative estimate of drug-likeness (QED) is 0.703. The lowest BCUT2D eigenvalue weighted by atomic mass is 10.1. The van der Waals surface area contributed by atoms with Crippen LogP contribution in [0.1, 0.15) is 28.9 Å². The number of nitrogens with one attached hydrogen (secondary N) is 3. The van der Waals surface area contributed by atoms with Crippen molar-refractivity contribution in [2.24, 2.45) is 0 Å². The fraction of sp³-hybridized carbons (Fsp3) is 0.222. The second-order valence-corrected chi connectivity index (χ2v) is 5.41. The number of hydrogen-bond acceptors (Lipinski definition) is 2. The molecule has 2 aromatic rings. The Labute approximate surface area is 144 Å². The van der Waals surface area contributed by atoms with Crippen molar-refractivity contribution in [2.75, 3.05) is 13.1 Å². The highest BCUT2D eigenvalue weighted by molar-refractivity contribution is 5.94. The van der Waals surface area contributed by atoms with E-state index in [9.17, 15) is 18.4 Å². The highest BCUT2D eigenvalue weighted by atomic mass is 19.1. The van der Waals surface area contributed by atoms with Crippen LogP contribution in [0.3, 0.4) is 0 Å². The summed E-state index contributed by atoms with van der Waals surface area (Å²) in [6.07, 6.45) is 0. The van der Waals surface area contributed by atoms with Gasteiger partial charge >= 0.3 is 6.03 Å². The van der Waals surface area contributed by atoms with Crippen LogP contribution in [0, 0.1) is 11.6 Å². The van der Waals surface area contributed by atoms with E-state index in [1.54, 1.807) is 25.1 Å². The van der Waals surface area contributed by atoms with Crippen LogP contribution < -0.4 is 16.0 Å². The maximum absolute atomic E-state index is 13.4. The largest absolute Gasteiger partial charge is 0.350 e. The van der Waals surface area contributed by atoms with Gasteiger partial charge in [-0.15, -0.1) is 0 Å². The van der Waals surface area contributed by atoms with E-state index in [1.807, 2.05) is 0 Å². The first kappa shape index (κ1) is 18.4. The third-order valence-electron chi connectivity index (χ3n) is 3.53. The standard InChI is InChI=1S/C18H19F2N3O2/c1-12(13-6-8-14(19)9-7-13)23-18(25)22-11-10-21-17(24)15-4-2-3-5-16(15)20/h2-9,12H,10-11H2,1H3,(H,21,24)(H2,22,23,25). The highest BCUT2D eigenvalue weighted by Crippen LogP contribution is 2.12. The first-order valence-electron chi connectivity index (χ1n) is 7.80. The lowest BCUT2D eigenvalue weighted by Crippen LogP contribution is -2.41. The number of halogens is 2. The predicted molar refractivity (Wildman–Crippen MR) is 90.1 cm³/mol. The van der Waals surface area contributed by atoms with E-state index >= 15 is 0 Å². The summed E-state index contributed by atoms with van der Waals surface area (Å²) in [5, 5.41) is 7.81. The average molecular weight is 347 g/mol. The second kappa shape index (κ2) is 8.77. The number of rotatable bonds is 6. The van der Waals surface area contributed by atoms with Gasteiger partial charge in [-0.25, -0.2) is 13.6 Å². The zero-order valence-corrected chi connectivity index (χ0v) is 13.7. The molecule has 2 rings (SSSR count). The molecule has 7 heteroatoms. The van der Waals surface area contributed by atoms with E-state index in [2.05, 4.69) is 16.0 Å². The van der Waals surface area contributed by atoms with Crippen LogP contribution in [0.4, 0.5) is 13.6 Å². The van der Waals surface area contributed by atoms with Crippen molar-refractivity contribution >= 4 is 11.9 Å². The van der Waals surface area contributed by atoms with Gasteiger partial charge in [0.05, 0.1) is 11.6 Å². The summed E-state index contributed by atoms with van der Waals surface area (Å²) in [5.41, 5.74) is 0.723. The van der Waals surface area contributed by atoms with E-state index in [-0.39, 0.29) is 30.5 Å². The molecular formula is C18H19F2N3O2. The number of hydrogen-bond donors (Lipinski definition) is 3. The van der Waals surface area contributed by atoms with Crippen molar-refractivity contribution in [3.63, 3.8) is 0 Å². The fourth-order valence-corrected chi connectivity index (χ4v) is 2.18. The molecule has 3 N–H and O–H groups in total. The minimum absolute atomic E-state index is 0.0446. The molecule has 0 heterocycles. The minimum Gasteiger partial charge on any atom is -0.350 e. The Balaban J connectivity index is 1.71. The van der Waals surface area contributed by atoms with E-state index in [0.29, 0.717) is 0 Å². The molecule has 132 valence electrons. The summed E-state index contributed by atoms with van der Waals surface area (Å²) >= 11 is 0. The molecule has 1 unspecified atom stereocenters. The molecule has 0 aromatic heterocycles. The molecule has 3 amide bonds. The number of amides is 3. The molecule has 5 nitrogen and oxygen atoms in total. The maximum atomic E-state index is 13.4. The van der Waals surface area contributed by atoms with E-state index < -0.39 is 17.8 Å². The van der Waals surface area contributed by atoms with Gasteiger partial charge in [-0.3, -0.25) is 4.79 Å². The molecule has 0 aliphatic carbocycles. The smallest absolute Gasteiger partial charge is 0.315 e. The van der Waals surface area contributed by atoms with E-state index in [0.717, 1.165) is 5.56 Å². The third-order valence-corrected chi connectivity index (χ3v) is 3.53. The van der Waals surface area contributed by atoms with Gasteiger partial charge in [0.2, 0.25) is 0 Å². The Morgan fingerprint density at radius 1 is 0.960 bits per heavy atom. The number of benzene rings is 2. The Morgan fingerprint density at radius 3 is 2.28 bits per heavy atom. The number of urea groups is 1. The monoisotopic (exact) mass is 347 g/mol. The first-order chi connectivity index (χ1) is 12.0. The van der Waals surface area contributed by atoms with Gasteiger partial charge in [0.1, 0.15) is 11.6 Å². The Bertz CT molecular complexity index is 735. The molecule has 0 fully saturated rings. The van der Waals surface area contributed by atoms with Crippen molar-refractivity contribution in [1.29, 1.82) is 0 Å². The zero-order valence-electron chi connectivity index (χ0n) is 13.7. The highest BCUT2D eigenvalue weighted by Gasteiger charge is 2.11. The summed E-state index contributed by atoms with van der Waals surface area (Å²) in [6.45, 7) is 2.11. The molecule has 0 bridgehead atoms. The summed E-state index contributed by atoms with van der Waals surface area (Å²) in [4.78, 5) is 23.6. The summed E-state index contributed by atoms with van der Waals surface area (Å²) in [6, 6.07) is 10.8. The van der Waals surface area contributed by atoms with E-state index in [4.69, 9.17) is 0 Å². The molecule has 0 saturated carbocycles. The van der Waals surface area contributed by atoms with Crippen LogP contribution in [0.25, 0.3) is 0 Å². The molecule has 0 aliphatic rings. The molecule has 1 atom stereocenters. The molecule has 0 saturated heterocycles. The fourth-order valence-electron chi connectivity index (χ4n) is 2.18. The van der Waals surface area contributed by atoms with Gasteiger partial charge in [0.15, 0.2) is 0 Å².